The Morgan fingerprint density at radius 1 is 1.20 bits per heavy atom. The van der Waals surface area contributed by atoms with Crippen molar-refractivity contribution in [2.75, 3.05) is 0 Å². The highest BCUT2D eigenvalue weighted by molar-refractivity contribution is 5.83. The predicted octanol–water partition coefficient (Wildman–Crippen LogP) is 3.41. The molecule has 0 aliphatic heterocycles. The van der Waals surface area contributed by atoms with E-state index in [-0.39, 0.29) is 5.56 Å². The van der Waals surface area contributed by atoms with E-state index in [9.17, 15) is 17.6 Å². The van der Waals surface area contributed by atoms with Crippen molar-refractivity contribution in [3.8, 4) is 0 Å². The minimum atomic E-state index is -4.25. The van der Waals surface area contributed by atoms with Gasteiger partial charge in [0.25, 0.3) is 0 Å². The first-order valence-electron chi connectivity index (χ1n) is 4.28. The van der Waals surface area contributed by atoms with Gasteiger partial charge in [-0.15, -0.1) is 0 Å². The fourth-order valence-electron chi connectivity index (χ4n) is 1.52. The molecule has 0 radical (unpaired) electrons. The number of rotatable bonds is 1. The Bertz CT molecular complexity index is 484. The molecule has 0 atom stereocenters. The van der Waals surface area contributed by atoms with Crippen LogP contribution in [0.1, 0.15) is 5.56 Å². The van der Waals surface area contributed by atoms with E-state index in [0.717, 1.165) is 6.07 Å². The molecule has 5 heteroatoms. The zero-order valence-electron chi connectivity index (χ0n) is 7.53. The highest BCUT2D eigenvalue weighted by atomic mass is 19.4. The molecular formula is C10H7F4N. The minimum Gasteiger partial charge on any atom is -0.361 e. The Morgan fingerprint density at radius 3 is 2.60 bits per heavy atom. The van der Waals surface area contributed by atoms with Crippen molar-refractivity contribution in [3.63, 3.8) is 0 Å². The number of hydrogen-bond acceptors (Lipinski definition) is 0. The molecular weight excluding hydrogens is 210 g/mol. The van der Waals surface area contributed by atoms with Crippen LogP contribution < -0.4 is 0 Å². The summed E-state index contributed by atoms with van der Waals surface area (Å²) in [4.78, 5) is 2.61. The van der Waals surface area contributed by atoms with Gasteiger partial charge in [0.05, 0.1) is 6.42 Å². The Hall–Kier alpha value is -1.52. The summed E-state index contributed by atoms with van der Waals surface area (Å²) in [6.45, 7) is 0. The molecule has 0 saturated heterocycles. The number of fused-ring (bicyclic) bond motifs is 1. The molecule has 0 unspecified atom stereocenters. The van der Waals surface area contributed by atoms with E-state index in [1.807, 2.05) is 0 Å². The predicted molar refractivity (Wildman–Crippen MR) is 48.0 cm³/mol. The van der Waals surface area contributed by atoms with Crippen molar-refractivity contribution < 1.29 is 17.6 Å². The van der Waals surface area contributed by atoms with Crippen LogP contribution in [0.4, 0.5) is 17.6 Å². The van der Waals surface area contributed by atoms with Crippen LogP contribution in [0.2, 0.25) is 0 Å². The van der Waals surface area contributed by atoms with Crippen molar-refractivity contribution in [3.05, 3.63) is 35.8 Å². The second kappa shape index (κ2) is 3.25. The molecule has 1 aromatic carbocycles. The van der Waals surface area contributed by atoms with Crippen LogP contribution in [0.15, 0.2) is 24.4 Å². The van der Waals surface area contributed by atoms with Crippen LogP contribution in [-0.4, -0.2) is 11.2 Å². The van der Waals surface area contributed by atoms with E-state index < -0.39 is 18.4 Å². The summed E-state index contributed by atoms with van der Waals surface area (Å²) in [7, 11) is 0. The zero-order chi connectivity index (χ0) is 11.1. The van der Waals surface area contributed by atoms with Crippen LogP contribution in [0.3, 0.4) is 0 Å². The number of alkyl halides is 3. The lowest BCUT2D eigenvalue weighted by Gasteiger charge is -2.04. The van der Waals surface area contributed by atoms with E-state index in [2.05, 4.69) is 4.98 Å². The van der Waals surface area contributed by atoms with E-state index in [1.54, 1.807) is 0 Å². The monoisotopic (exact) mass is 217 g/mol. The number of nitrogens with one attached hydrogen (secondary N) is 1. The summed E-state index contributed by atoms with van der Waals surface area (Å²) >= 11 is 0. The average molecular weight is 217 g/mol. The van der Waals surface area contributed by atoms with Crippen molar-refractivity contribution in [2.45, 2.75) is 12.6 Å². The summed E-state index contributed by atoms with van der Waals surface area (Å²) in [6.07, 6.45) is -3.99. The standard InChI is InChI=1S/C10H7F4N/c11-7-1-2-8-6(4-10(12,13)14)5-15-9(8)3-7/h1-3,5,15H,4H2. The maximum absolute atomic E-state index is 12.7. The fraction of sp³-hybridized carbons (Fsp3) is 0.200. The maximum atomic E-state index is 12.7. The van der Waals surface area contributed by atoms with Gasteiger partial charge in [0.1, 0.15) is 5.82 Å². The van der Waals surface area contributed by atoms with Gasteiger partial charge in [-0.1, -0.05) is 0 Å². The number of aromatic nitrogens is 1. The molecule has 0 saturated carbocycles. The fourth-order valence-corrected chi connectivity index (χ4v) is 1.52. The van der Waals surface area contributed by atoms with E-state index in [4.69, 9.17) is 0 Å². The lowest BCUT2D eigenvalue weighted by atomic mass is 10.1. The first-order valence-corrected chi connectivity index (χ1v) is 4.28. The van der Waals surface area contributed by atoms with Crippen LogP contribution in [0.25, 0.3) is 10.9 Å². The highest BCUT2D eigenvalue weighted by Crippen LogP contribution is 2.26. The van der Waals surface area contributed by atoms with Gasteiger partial charge in [-0.05, 0) is 23.8 Å². The van der Waals surface area contributed by atoms with Gasteiger partial charge < -0.3 is 4.98 Å². The zero-order valence-corrected chi connectivity index (χ0v) is 7.53. The quantitative estimate of drug-likeness (QED) is 0.704. The normalized spacial score (nSPS) is 12.3. The smallest absolute Gasteiger partial charge is 0.361 e. The molecule has 0 amide bonds. The Balaban J connectivity index is 2.45. The molecule has 80 valence electrons. The minimum absolute atomic E-state index is 0.137. The number of aromatic amines is 1. The molecule has 1 aromatic heterocycles. The van der Waals surface area contributed by atoms with E-state index in [0.29, 0.717) is 10.9 Å². The van der Waals surface area contributed by atoms with Crippen LogP contribution >= 0.6 is 0 Å². The summed E-state index contributed by atoms with van der Waals surface area (Å²) in [5, 5.41) is 0.411. The van der Waals surface area contributed by atoms with Gasteiger partial charge in [0.2, 0.25) is 0 Å². The number of halogens is 4. The topological polar surface area (TPSA) is 15.8 Å². The van der Waals surface area contributed by atoms with Gasteiger partial charge in [-0.2, -0.15) is 13.2 Å². The summed E-state index contributed by atoms with van der Waals surface area (Å²) in [5.41, 5.74) is 0.520. The van der Waals surface area contributed by atoms with Gasteiger partial charge in [0.15, 0.2) is 0 Å². The maximum Gasteiger partial charge on any atom is 0.393 e. The Morgan fingerprint density at radius 2 is 1.93 bits per heavy atom. The molecule has 15 heavy (non-hydrogen) atoms. The Kier molecular flexibility index (Phi) is 2.17. The molecule has 1 N–H and O–H groups in total. The van der Waals surface area contributed by atoms with Crippen molar-refractivity contribution in [1.82, 2.24) is 4.98 Å². The van der Waals surface area contributed by atoms with Crippen molar-refractivity contribution in [2.24, 2.45) is 0 Å². The van der Waals surface area contributed by atoms with Gasteiger partial charge >= 0.3 is 6.18 Å². The lowest BCUT2D eigenvalue weighted by Crippen LogP contribution is -2.10. The summed E-state index contributed by atoms with van der Waals surface area (Å²) in [6, 6.07) is 3.67. The van der Waals surface area contributed by atoms with Crippen molar-refractivity contribution >= 4 is 10.9 Å². The number of hydrogen-bond donors (Lipinski definition) is 1. The molecule has 0 spiro atoms. The third-order valence-corrected chi connectivity index (χ3v) is 2.12. The molecule has 1 heterocycles. The highest BCUT2D eigenvalue weighted by Gasteiger charge is 2.28. The first kappa shape index (κ1) is 10.0. The second-order valence-corrected chi connectivity index (χ2v) is 3.30. The van der Waals surface area contributed by atoms with E-state index in [1.165, 1.54) is 18.3 Å². The van der Waals surface area contributed by atoms with Gasteiger partial charge in [-0.25, -0.2) is 4.39 Å². The summed E-state index contributed by atoms with van der Waals surface area (Å²) < 4.78 is 49.2. The Labute approximate surface area is 82.7 Å². The molecule has 2 aromatic rings. The van der Waals surface area contributed by atoms with Gasteiger partial charge in [-0.3, -0.25) is 0 Å². The molecule has 1 nitrogen and oxygen atoms in total. The van der Waals surface area contributed by atoms with Crippen molar-refractivity contribution in [1.29, 1.82) is 0 Å². The summed E-state index contributed by atoms with van der Waals surface area (Å²) in [5.74, 6) is -0.470. The lowest BCUT2D eigenvalue weighted by molar-refractivity contribution is -0.127. The molecule has 0 aliphatic carbocycles. The average Bonchev–Trinajstić information content (AvgIpc) is 2.45. The molecule has 0 aliphatic rings. The van der Waals surface area contributed by atoms with Crippen LogP contribution in [-0.2, 0) is 6.42 Å². The second-order valence-electron chi connectivity index (χ2n) is 3.30. The first-order chi connectivity index (χ1) is 6.96. The number of benzene rings is 1. The SMILES string of the molecule is Fc1ccc2c(CC(F)(F)F)c[nH]c2c1. The number of H-pyrrole nitrogens is 1. The third-order valence-electron chi connectivity index (χ3n) is 2.12. The third kappa shape index (κ3) is 2.11. The molecule has 2 rings (SSSR count). The van der Waals surface area contributed by atoms with Crippen LogP contribution in [0, 0.1) is 5.82 Å². The largest absolute Gasteiger partial charge is 0.393 e. The molecule has 0 bridgehead atoms. The van der Waals surface area contributed by atoms with Gasteiger partial charge in [0, 0.05) is 17.1 Å². The van der Waals surface area contributed by atoms with Crippen LogP contribution in [0.5, 0.6) is 0 Å². The van der Waals surface area contributed by atoms with E-state index >= 15 is 0 Å². The molecule has 0 fully saturated rings.